The molecule has 1 fully saturated rings. The van der Waals surface area contributed by atoms with Crippen LogP contribution in [0.2, 0.25) is 0 Å². The maximum absolute atomic E-state index is 10.8. The quantitative estimate of drug-likeness (QED) is 0.682. The highest BCUT2D eigenvalue weighted by Crippen LogP contribution is 2.41. The van der Waals surface area contributed by atoms with E-state index in [4.69, 9.17) is 0 Å². The van der Waals surface area contributed by atoms with Gasteiger partial charge in [0.1, 0.15) is 5.82 Å². The van der Waals surface area contributed by atoms with Gasteiger partial charge in [0.2, 0.25) is 10.8 Å². The number of fused-ring (bicyclic) bond motifs is 1. The molecule has 1 aromatic carbocycles. The lowest BCUT2D eigenvalue weighted by Crippen LogP contribution is -2.36. The van der Waals surface area contributed by atoms with Gasteiger partial charge in [-0.1, -0.05) is 46.3 Å². The Morgan fingerprint density at radius 1 is 1.24 bits per heavy atom. The van der Waals surface area contributed by atoms with E-state index >= 15 is 0 Å². The van der Waals surface area contributed by atoms with Crippen molar-refractivity contribution in [3.63, 3.8) is 0 Å². The second-order valence-electron chi connectivity index (χ2n) is 6.82. The number of aromatic hydroxyl groups is 1. The van der Waals surface area contributed by atoms with E-state index in [1.54, 1.807) is 4.52 Å². The summed E-state index contributed by atoms with van der Waals surface area (Å²) < 4.78 is 2.62. The van der Waals surface area contributed by atoms with Crippen LogP contribution >= 0.6 is 27.3 Å². The van der Waals surface area contributed by atoms with Crippen LogP contribution in [0, 0.1) is 12.8 Å². The molecule has 4 rings (SSSR count). The fraction of sp³-hybridized carbons (Fsp3) is 0.444. The van der Waals surface area contributed by atoms with Crippen LogP contribution in [-0.2, 0) is 0 Å². The summed E-state index contributed by atoms with van der Waals surface area (Å²) in [6.45, 7) is 6.23. The van der Waals surface area contributed by atoms with Crippen molar-refractivity contribution < 1.29 is 5.11 Å². The van der Waals surface area contributed by atoms with Crippen molar-refractivity contribution in [1.29, 1.82) is 0 Å². The summed E-state index contributed by atoms with van der Waals surface area (Å²) in [7, 11) is 0. The molecule has 0 aliphatic carbocycles. The van der Waals surface area contributed by atoms with Crippen LogP contribution in [0.1, 0.15) is 42.1 Å². The topological polar surface area (TPSA) is 53.7 Å². The van der Waals surface area contributed by atoms with Gasteiger partial charge in [-0.2, -0.15) is 4.52 Å². The molecular formula is C18H21BrN4OS. The Morgan fingerprint density at radius 3 is 2.56 bits per heavy atom. The van der Waals surface area contributed by atoms with Crippen LogP contribution in [0.25, 0.3) is 4.96 Å². The molecule has 0 amide bonds. The number of aromatic nitrogens is 3. The SMILES string of the molecule is Cc1nc2sc([C@@H](c3ccc(Br)cc3)N3CCC(C)CC3)c(O)n2n1. The number of halogens is 1. The van der Waals surface area contributed by atoms with Crippen molar-refractivity contribution >= 4 is 32.2 Å². The molecule has 2 aromatic heterocycles. The fourth-order valence-electron chi connectivity index (χ4n) is 3.49. The van der Waals surface area contributed by atoms with Crippen LogP contribution in [0.15, 0.2) is 28.7 Å². The molecule has 25 heavy (non-hydrogen) atoms. The minimum Gasteiger partial charge on any atom is -0.492 e. The first-order chi connectivity index (χ1) is 12.0. The predicted octanol–water partition coefficient (Wildman–Crippen LogP) is 4.39. The highest BCUT2D eigenvalue weighted by molar-refractivity contribution is 9.10. The normalized spacial score (nSPS) is 18.0. The summed E-state index contributed by atoms with van der Waals surface area (Å²) in [4.78, 5) is 8.57. The lowest BCUT2D eigenvalue weighted by Gasteiger charge is -2.36. The third-order valence-corrected chi connectivity index (χ3v) is 6.52. The van der Waals surface area contributed by atoms with Gasteiger partial charge in [-0.15, -0.1) is 5.10 Å². The average molecular weight is 421 g/mol. The minimum atomic E-state index is 0.0365. The Kier molecular flexibility index (Phi) is 4.56. The van der Waals surface area contributed by atoms with Gasteiger partial charge in [0.05, 0.1) is 10.9 Å². The standard InChI is InChI=1S/C18H21BrN4OS/c1-11-7-9-22(10-8-11)15(13-3-5-14(19)6-4-13)16-17(24)23-18(25-16)20-12(2)21-23/h3-6,11,15,24H,7-10H2,1-2H3/t15-/m1/s1. The molecule has 1 atom stereocenters. The third-order valence-electron chi connectivity index (χ3n) is 4.92. The largest absolute Gasteiger partial charge is 0.492 e. The smallest absolute Gasteiger partial charge is 0.230 e. The second-order valence-corrected chi connectivity index (χ2v) is 8.74. The third kappa shape index (κ3) is 3.20. The molecule has 3 aromatic rings. The van der Waals surface area contributed by atoms with Gasteiger partial charge in [0, 0.05) is 4.47 Å². The monoisotopic (exact) mass is 420 g/mol. The van der Waals surface area contributed by atoms with E-state index in [0.717, 1.165) is 33.3 Å². The van der Waals surface area contributed by atoms with E-state index in [9.17, 15) is 5.11 Å². The van der Waals surface area contributed by atoms with E-state index < -0.39 is 0 Å². The van der Waals surface area contributed by atoms with Crippen molar-refractivity contribution in [3.8, 4) is 5.88 Å². The van der Waals surface area contributed by atoms with Crippen LogP contribution < -0.4 is 0 Å². The zero-order valence-corrected chi connectivity index (χ0v) is 16.7. The number of hydrogen-bond acceptors (Lipinski definition) is 5. The molecule has 1 N–H and O–H groups in total. The number of benzene rings is 1. The van der Waals surface area contributed by atoms with Gasteiger partial charge in [0.15, 0.2) is 0 Å². The predicted molar refractivity (Wildman–Crippen MR) is 103 cm³/mol. The van der Waals surface area contributed by atoms with E-state index in [1.165, 1.54) is 29.7 Å². The lowest BCUT2D eigenvalue weighted by atomic mass is 9.95. The number of likely N-dealkylation sites (tertiary alicyclic amines) is 1. The number of nitrogens with zero attached hydrogens (tertiary/aromatic N) is 4. The number of hydrogen-bond donors (Lipinski definition) is 1. The Morgan fingerprint density at radius 2 is 1.92 bits per heavy atom. The van der Waals surface area contributed by atoms with E-state index in [2.05, 4.69) is 62.1 Å². The summed E-state index contributed by atoms with van der Waals surface area (Å²) in [6.07, 6.45) is 2.38. The summed E-state index contributed by atoms with van der Waals surface area (Å²) in [6, 6.07) is 8.43. The summed E-state index contributed by atoms with van der Waals surface area (Å²) >= 11 is 5.05. The highest BCUT2D eigenvalue weighted by Gasteiger charge is 2.31. The maximum atomic E-state index is 10.8. The molecule has 1 aliphatic rings. The Balaban J connectivity index is 1.79. The molecular weight excluding hydrogens is 400 g/mol. The van der Waals surface area contributed by atoms with Crippen LogP contribution in [0.3, 0.4) is 0 Å². The van der Waals surface area contributed by atoms with Crippen molar-refractivity contribution in [2.24, 2.45) is 5.92 Å². The van der Waals surface area contributed by atoms with E-state index in [0.29, 0.717) is 5.82 Å². The van der Waals surface area contributed by atoms with E-state index in [1.807, 2.05) is 6.92 Å². The molecule has 5 nitrogen and oxygen atoms in total. The second kappa shape index (κ2) is 6.70. The average Bonchev–Trinajstić information content (AvgIpc) is 3.09. The minimum absolute atomic E-state index is 0.0365. The molecule has 0 radical (unpaired) electrons. The first-order valence-corrected chi connectivity index (χ1v) is 10.2. The van der Waals surface area contributed by atoms with Crippen molar-refractivity contribution in [2.75, 3.05) is 13.1 Å². The first kappa shape index (κ1) is 17.0. The maximum Gasteiger partial charge on any atom is 0.230 e. The molecule has 0 unspecified atom stereocenters. The molecule has 7 heteroatoms. The molecule has 0 spiro atoms. The molecule has 1 saturated heterocycles. The highest BCUT2D eigenvalue weighted by atomic mass is 79.9. The Hall–Kier alpha value is -1.44. The van der Waals surface area contributed by atoms with Crippen LogP contribution in [0.4, 0.5) is 0 Å². The molecule has 1 aliphatic heterocycles. The molecule has 3 heterocycles. The number of rotatable bonds is 3. The summed E-state index contributed by atoms with van der Waals surface area (Å²) in [5.74, 6) is 1.66. The van der Waals surface area contributed by atoms with Gasteiger partial charge < -0.3 is 5.11 Å². The van der Waals surface area contributed by atoms with Crippen molar-refractivity contribution in [2.45, 2.75) is 32.7 Å². The van der Waals surface area contributed by atoms with E-state index in [-0.39, 0.29) is 11.9 Å². The van der Waals surface area contributed by atoms with Gasteiger partial charge in [-0.05, 0) is 56.5 Å². The van der Waals surface area contributed by atoms with Gasteiger partial charge in [0.25, 0.3) is 0 Å². The number of aryl methyl sites for hydroxylation is 1. The number of thiazole rings is 1. The van der Waals surface area contributed by atoms with Crippen molar-refractivity contribution in [3.05, 3.63) is 45.0 Å². The van der Waals surface area contributed by atoms with Crippen LogP contribution in [0.5, 0.6) is 5.88 Å². The first-order valence-electron chi connectivity index (χ1n) is 8.57. The fourth-order valence-corrected chi connectivity index (χ4v) is 4.91. The van der Waals surface area contributed by atoms with Gasteiger partial charge >= 0.3 is 0 Å². The van der Waals surface area contributed by atoms with Gasteiger partial charge in [-0.25, -0.2) is 4.98 Å². The Bertz CT molecular complexity index is 881. The molecule has 132 valence electrons. The zero-order valence-electron chi connectivity index (χ0n) is 14.3. The lowest BCUT2D eigenvalue weighted by molar-refractivity contribution is 0.157. The summed E-state index contributed by atoms with van der Waals surface area (Å²) in [5, 5.41) is 15.1. The molecule has 0 saturated carbocycles. The number of piperidine rings is 1. The Labute approximate surface area is 159 Å². The van der Waals surface area contributed by atoms with Crippen molar-refractivity contribution in [1.82, 2.24) is 19.5 Å². The molecule has 0 bridgehead atoms. The zero-order chi connectivity index (χ0) is 17.6. The summed E-state index contributed by atoms with van der Waals surface area (Å²) in [5.41, 5.74) is 1.19. The van der Waals surface area contributed by atoms with Gasteiger partial charge in [-0.3, -0.25) is 4.90 Å². The van der Waals surface area contributed by atoms with Crippen LogP contribution in [-0.4, -0.2) is 37.7 Å².